The molecule has 0 saturated heterocycles. The van der Waals surface area contributed by atoms with Gasteiger partial charge in [-0.1, -0.05) is 71.1 Å². The number of carbonyl (C=O) groups excluding carboxylic acids is 2. The van der Waals surface area contributed by atoms with Gasteiger partial charge in [-0.3, -0.25) is 4.79 Å². The molecule has 0 aliphatic heterocycles. The van der Waals surface area contributed by atoms with Gasteiger partial charge in [-0.05, 0) is 26.2 Å². The molecule has 0 spiro atoms. The number of hydrogen-bond acceptors (Lipinski definition) is 3. The standard InChI is InChI=1S/C19H37NO3.Na/c1-3-4-5-6-7-8-9-10-11-12-13-14-18(21)20-17(2)15-16-19(22)23;/h17H,3-16H2,1-2H3,(H,20,21)(H,22,23);/q;+1/p-1. The van der Waals surface area contributed by atoms with Crippen molar-refractivity contribution in [3.63, 3.8) is 0 Å². The van der Waals surface area contributed by atoms with E-state index >= 15 is 0 Å². The first-order chi connectivity index (χ1) is 11.1. The van der Waals surface area contributed by atoms with Crippen LogP contribution in [0.3, 0.4) is 0 Å². The van der Waals surface area contributed by atoms with Crippen LogP contribution in [0.25, 0.3) is 0 Å². The molecule has 0 rings (SSSR count). The molecule has 0 saturated carbocycles. The van der Waals surface area contributed by atoms with Crippen molar-refractivity contribution in [3.8, 4) is 0 Å². The third-order valence-corrected chi connectivity index (χ3v) is 4.20. The molecule has 1 atom stereocenters. The van der Waals surface area contributed by atoms with E-state index in [1.54, 1.807) is 0 Å². The molecule has 0 aliphatic carbocycles. The van der Waals surface area contributed by atoms with E-state index in [4.69, 9.17) is 0 Å². The third-order valence-electron chi connectivity index (χ3n) is 4.20. The van der Waals surface area contributed by atoms with Gasteiger partial charge in [-0.15, -0.1) is 0 Å². The van der Waals surface area contributed by atoms with Gasteiger partial charge in [-0.2, -0.15) is 0 Å². The van der Waals surface area contributed by atoms with Crippen LogP contribution >= 0.6 is 0 Å². The molecule has 1 amide bonds. The summed E-state index contributed by atoms with van der Waals surface area (Å²) in [6, 6.07) is -0.0897. The maximum absolute atomic E-state index is 11.7. The Morgan fingerprint density at radius 1 is 0.833 bits per heavy atom. The smallest absolute Gasteiger partial charge is 0.550 e. The molecule has 0 radical (unpaired) electrons. The summed E-state index contributed by atoms with van der Waals surface area (Å²) in [6.45, 7) is 4.08. The van der Waals surface area contributed by atoms with E-state index in [0.717, 1.165) is 12.8 Å². The zero-order chi connectivity index (χ0) is 17.3. The fraction of sp³-hybridized carbons (Fsp3) is 0.895. The molecule has 24 heavy (non-hydrogen) atoms. The Balaban J connectivity index is 0. The Morgan fingerprint density at radius 3 is 1.75 bits per heavy atom. The minimum Gasteiger partial charge on any atom is -0.550 e. The second-order valence-corrected chi connectivity index (χ2v) is 6.66. The molecule has 0 bridgehead atoms. The van der Waals surface area contributed by atoms with Gasteiger partial charge in [0.25, 0.3) is 0 Å². The maximum atomic E-state index is 11.7. The zero-order valence-electron chi connectivity index (χ0n) is 16.2. The molecule has 0 aromatic rings. The maximum Gasteiger partial charge on any atom is 1.00 e. The average Bonchev–Trinajstić information content (AvgIpc) is 2.50. The van der Waals surface area contributed by atoms with Crippen molar-refractivity contribution >= 4 is 11.9 Å². The first-order valence-electron chi connectivity index (χ1n) is 9.55. The van der Waals surface area contributed by atoms with Crippen LogP contribution in [-0.4, -0.2) is 17.9 Å². The second kappa shape index (κ2) is 19.3. The van der Waals surface area contributed by atoms with Gasteiger partial charge in [0.2, 0.25) is 5.91 Å². The van der Waals surface area contributed by atoms with Crippen LogP contribution in [0.2, 0.25) is 0 Å². The van der Waals surface area contributed by atoms with Crippen molar-refractivity contribution in [1.82, 2.24) is 5.32 Å². The summed E-state index contributed by atoms with van der Waals surface area (Å²) >= 11 is 0. The number of carboxylic acid groups (broad SMARTS) is 1. The van der Waals surface area contributed by atoms with Crippen LogP contribution in [0.4, 0.5) is 0 Å². The van der Waals surface area contributed by atoms with Gasteiger partial charge in [-0.25, -0.2) is 0 Å². The summed E-state index contributed by atoms with van der Waals surface area (Å²) in [7, 11) is 0. The molecule has 1 unspecified atom stereocenters. The molecule has 136 valence electrons. The van der Waals surface area contributed by atoms with E-state index in [-0.39, 0.29) is 47.9 Å². The minimum atomic E-state index is -1.06. The van der Waals surface area contributed by atoms with Gasteiger partial charge in [0, 0.05) is 18.4 Å². The van der Waals surface area contributed by atoms with Crippen molar-refractivity contribution < 1.29 is 44.3 Å². The second-order valence-electron chi connectivity index (χ2n) is 6.66. The Bertz CT molecular complexity index is 311. The molecular weight excluding hydrogens is 313 g/mol. The van der Waals surface area contributed by atoms with E-state index in [9.17, 15) is 14.7 Å². The number of unbranched alkanes of at least 4 members (excludes halogenated alkanes) is 10. The van der Waals surface area contributed by atoms with Crippen LogP contribution in [0.1, 0.15) is 104 Å². The average molecular weight is 349 g/mol. The van der Waals surface area contributed by atoms with E-state index in [2.05, 4.69) is 12.2 Å². The summed E-state index contributed by atoms with van der Waals surface area (Å²) in [5.74, 6) is -1.02. The van der Waals surface area contributed by atoms with Gasteiger partial charge in [0.1, 0.15) is 0 Å². The Kier molecular flexibility index (Phi) is 21.0. The molecule has 0 heterocycles. The largest absolute Gasteiger partial charge is 1.00 e. The molecule has 1 N–H and O–H groups in total. The van der Waals surface area contributed by atoms with Crippen LogP contribution in [0, 0.1) is 0 Å². The zero-order valence-corrected chi connectivity index (χ0v) is 18.2. The molecule has 0 aromatic heterocycles. The first-order valence-corrected chi connectivity index (χ1v) is 9.55. The fourth-order valence-corrected chi connectivity index (χ4v) is 2.70. The SMILES string of the molecule is CCCCCCCCCCCCCC(=O)NC(C)CCC(=O)[O-].[Na+]. The van der Waals surface area contributed by atoms with Crippen molar-refractivity contribution in [2.75, 3.05) is 0 Å². The van der Waals surface area contributed by atoms with Crippen molar-refractivity contribution in [1.29, 1.82) is 0 Å². The Hall–Kier alpha value is -0.0600. The first kappa shape index (κ1) is 26.2. The number of rotatable bonds is 16. The number of carbonyl (C=O) groups is 2. The van der Waals surface area contributed by atoms with Gasteiger partial charge in [0.15, 0.2) is 0 Å². The van der Waals surface area contributed by atoms with Crippen LogP contribution in [0.15, 0.2) is 0 Å². The monoisotopic (exact) mass is 349 g/mol. The number of nitrogens with one attached hydrogen (secondary N) is 1. The van der Waals surface area contributed by atoms with E-state index in [0.29, 0.717) is 12.8 Å². The molecule has 5 heteroatoms. The predicted octanol–water partition coefficient (Wildman–Crippen LogP) is 0.726. The van der Waals surface area contributed by atoms with E-state index in [1.165, 1.54) is 57.8 Å². The minimum absolute atomic E-state index is 0. The number of aliphatic carboxylic acids is 1. The van der Waals surface area contributed by atoms with Crippen molar-refractivity contribution in [2.24, 2.45) is 0 Å². The third kappa shape index (κ3) is 20.0. The predicted molar refractivity (Wildman–Crippen MR) is 92.9 cm³/mol. The van der Waals surface area contributed by atoms with Gasteiger partial charge >= 0.3 is 29.6 Å². The summed E-state index contributed by atoms with van der Waals surface area (Å²) < 4.78 is 0. The fourth-order valence-electron chi connectivity index (χ4n) is 2.70. The van der Waals surface area contributed by atoms with Crippen LogP contribution in [-0.2, 0) is 9.59 Å². The summed E-state index contributed by atoms with van der Waals surface area (Å²) in [5, 5.41) is 13.2. The summed E-state index contributed by atoms with van der Waals surface area (Å²) in [6.07, 6.45) is 15.0. The van der Waals surface area contributed by atoms with Crippen molar-refractivity contribution in [3.05, 3.63) is 0 Å². The summed E-state index contributed by atoms with van der Waals surface area (Å²) in [4.78, 5) is 22.0. The molecule has 0 aliphatic rings. The number of amides is 1. The van der Waals surface area contributed by atoms with E-state index in [1.807, 2.05) is 6.92 Å². The van der Waals surface area contributed by atoms with Gasteiger partial charge < -0.3 is 15.2 Å². The normalized spacial score (nSPS) is 11.6. The number of carboxylic acids is 1. The number of hydrogen-bond donors (Lipinski definition) is 1. The quantitative estimate of drug-likeness (QED) is 0.330. The molecule has 0 aromatic carbocycles. The Labute approximate surface area is 170 Å². The molecule has 0 fully saturated rings. The molecule has 4 nitrogen and oxygen atoms in total. The topological polar surface area (TPSA) is 69.2 Å². The summed E-state index contributed by atoms with van der Waals surface area (Å²) in [5.41, 5.74) is 0. The van der Waals surface area contributed by atoms with Crippen molar-refractivity contribution in [2.45, 2.75) is 110 Å². The van der Waals surface area contributed by atoms with Gasteiger partial charge in [0.05, 0.1) is 0 Å². The molecular formula is C19H36NNaO3. The Morgan fingerprint density at radius 2 is 1.29 bits per heavy atom. The van der Waals surface area contributed by atoms with Crippen LogP contribution < -0.4 is 40.0 Å². The van der Waals surface area contributed by atoms with Crippen LogP contribution in [0.5, 0.6) is 0 Å². The van der Waals surface area contributed by atoms with E-state index < -0.39 is 5.97 Å².